The molecule has 0 aromatic carbocycles. The Kier molecular flexibility index (Phi) is 6.76. The van der Waals surface area contributed by atoms with Gasteiger partial charge in [-0.2, -0.15) is 0 Å². The van der Waals surface area contributed by atoms with Crippen LogP contribution in [-0.2, 0) is 9.47 Å². The third-order valence-corrected chi connectivity index (χ3v) is 2.13. The van der Waals surface area contributed by atoms with Crippen molar-refractivity contribution in [2.24, 2.45) is 0 Å². The summed E-state index contributed by atoms with van der Waals surface area (Å²) in [6.07, 6.45) is 0.0809. The van der Waals surface area contributed by atoms with Gasteiger partial charge in [0.05, 0.1) is 0 Å². The fraction of sp³-hybridized carbons (Fsp3) is 1.00. The summed E-state index contributed by atoms with van der Waals surface area (Å²) >= 11 is 5.65. The van der Waals surface area contributed by atoms with E-state index >= 15 is 0 Å². The summed E-state index contributed by atoms with van der Waals surface area (Å²) in [6.45, 7) is 4.72. The monoisotopic (exact) mass is 195 g/mol. The molecule has 0 aliphatic rings. The molecular formula is C8H18ClNO2. The van der Waals surface area contributed by atoms with Crippen molar-refractivity contribution in [1.82, 2.24) is 4.90 Å². The zero-order valence-corrected chi connectivity index (χ0v) is 8.97. The second-order valence-corrected chi connectivity index (χ2v) is 2.97. The molecule has 0 amide bonds. The summed E-state index contributed by atoms with van der Waals surface area (Å²) < 4.78 is 10.4. The lowest BCUT2D eigenvalue weighted by Crippen LogP contribution is -2.43. The molecule has 74 valence electrons. The molecule has 0 aliphatic heterocycles. The van der Waals surface area contributed by atoms with Gasteiger partial charge in [-0.1, -0.05) is 0 Å². The molecule has 0 N–H and O–H groups in total. The first-order valence-electron chi connectivity index (χ1n) is 4.04. The molecule has 2 atom stereocenters. The van der Waals surface area contributed by atoms with Gasteiger partial charge in [0.2, 0.25) is 0 Å². The molecule has 0 saturated heterocycles. The summed E-state index contributed by atoms with van der Waals surface area (Å²) in [5.74, 6) is 0.585. The molecule has 0 aromatic heterocycles. The molecule has 0 bridgehead atoms. The molecule has 12 heavy (non-hydrogen) atoms. The number of methoxy groups -OCH3 is 2. The summed E-state index contributed by atoms with van der Waals surface area (Å²) in [4.78, 5) is 2.05. The summed E-state index contributed by atoms with van der Waals surface area (Å²) in [5, 5.41) is 0. The van der Waals surface area contributed by atoms with Crippen LogP contribution in [0.4, 0.5) is 0 Å². The van der Waals surface area contributed by atoms with Gasteiger partial charge >= 0.3 is 0 Å². The van der Waals surface area contributed by atoms with Gasteiger partial charge in [0.1, 0.15) is 12.5 Å². The van der Waals surface area contributed by atoms with E-state index in [1.165, 1.54) is 0 Å². The van der Waals surface area contributed by atoms with E-state index in [0.717, 1.165) is 6.54 Å². The maximum atomic E-state index is 5.65. The lowest BCUT2D eigenvalue weighted by Gasteiger charge is -2.31. The quantitative estimate of drug-likeness (QED) is 0.474. The first-order chi connectivity index (χ1) is 5.67. The van der Waals surface area contributed by atoms with Gasteiger partial charge < -0.3 is 9.47 Å². The van der Waals surface area contributed by atoms with Crippen molar-refractivity contribution in [2.45, 2.75) is 26.3 Å². The maximum Gasteiger partial charge on any atom is 0.109 e. The van der Waals surface area contributed by atoms with E-state index in [2.05, 4.69) is 0 Å². The van der Waals surface area contributed by atoms with Crippen LogP contribution in [0.25, 0.3) is 0 Å². The normalized spacial score (nSPS) is 16.5. The standard InChI is InChI=1S/C8H18ClNO2/c1-7(11-3)10(6-5-9)8(2)12-4/h7-8H,5-6H2,1-4H3. The molecule has 3 nitrogen and oxygen atoms in total. The Morgan fingerprint density at radius 2 is 1.58 bits per heavy atom. The van der Waals surface area contributed by atoms with E-state index in [-0.39, 0.29) is 12.5 Å². The van der Waals surface area contributed by atoms with Crippen molar-refractivity contribution in [3.8, 4) is 0 Å². The average molecular weight is 196 g/mol. The number of hydrogen-bond acceptors (Lipinski definition) is 3. The van der Waals surface area contributed by atoms with E-state index in [0.29, 0.717) is 5.88 Å². The fourth-order valence-electron chi connectivity index (χ4n) is 1.03. The molecule has 0 heterocycles. The Bertz CT molecular complexity index is 103. The molecule has 4 heteroatoms. The fourth-order valence-corrected chi connectivity index (χ4v) is 1.22. The number of rotatable bonds is 6. The Labute approximate surface area is 79.6 Å². The van der Waals surface area contributed by atoms with Crippen LogP contribution in [0.5, 0.6) is 0 Å². The highest BCUT2D eigenvalue weighted by molar-refractivity contribution is 6.18. The van der Waals surface area contributed by atoms with Crippen molar-refractivity contribution in [2.75, 3.05) is 26.6 Å². The predicted octanol–water partition coefficient (Wildman–Crippen LogP) is 1.51. The minimum Gasteiger partial charge on any atom is -0.367 e. The molecule has 0 fully saturated rings. The molecule has 0 spiro atoms. The van der Waals surface area contributed by atoms with Gasteiger partial charge in [0.15, 0.2) is 0 Å². The van der Waals surface area contributed by atoms with Gasteiger partial charge in [0.25, 0.3) is 0 Å². The van der Waals surface area contributed by atoms with E-state index < -0.39 is 0 Å². The molecule has 0 saturated carbocycles. The molecule has 0 rings (SSSR count). The Hall–Kier alpha value is 0.170. The molecular weight excluding hydrogens is 178 g/mol. The lowest BCUT2D eigenvalue weighted by molar-refractivity contribution is -0.113. The SMILES string of the molecule is COC(C)N(CCCl)C(C)OC. The van der Waals surface area contributed by atoms with E-state index in [9.17, 15) is 0 Å². The molecule has 0 aromatic rings. The van der Waals surface area contributed by atoms with E-state index in [1.54, 1.807) is 14.2 Å². The third kappa shape index (κ3) is 3.72. The van der Waals surface area contributed by atoms with Gasteiger partial charge in [-0.25, -0.2) is 0 Å². The number of ether oxygens (including phenoxy) is 2. The second kappa shape index (κ2) is 6.66. The lowest BCUT2D eigenvalue weighted by atomic mass is 10.4. The van der Waals surface area contributed by atoms with Crippen LogP contribution in [0.1, 0.15) is 13.8 Å². The van der Waals surface area contributed by atoms with Crippen LogP contribution in [-0.4, -0.2) is 44.0 Å². The van der Waals surface area contributed by atoms with Crippen LogP contribution in [0.3, 0.4) is 0 Å². The van der Waals surface area contributed by atoms with Gasteiger partial charge in [-0.05, 0) is 13.8 Å². The van der Waals surface area contributed by atoms with Crippen molar-refractivity contribution in [3.05, 3.63) is 0 Å². The smallest absolute Gasteiger partial charge is 0.109 e. The summed E-state index contributed by atoms with van der Waals surface area (Å²) in [5.41, 5.74) is 0. The highest BCUT2D eigenvalue weighted by Gasteiger charge is 2.18. The maximum absolute atomic E-state index is 5.65. The number of alkyl halides is 1. The minimum absolute atomic E-state index is 0.0405. The van der Waals surface area contributed by atoms with E-state index in [1.807, 2.05) is 18.7 Å². The second-order valence-electron chi connectivity index (χ2n) is 2.60. The zero-order chi connectivity index (χ0) is 9.56. The van der Waals surface area contributed by atoms with Crippen molar-refractivity contribution >= 4 is 11.6 Å². The predicted molar refractivity (Wildman–Crippen MR) is 50.4 cm³/mol. The van der Waals surface area contributed by atoms with Crippen LogP contribution in [0, 0.1) is 0 Å². The summed E-state index contributed by atoms with van der Waals surface area (Å²) in [7, 11) is 3.35. The molecule has 0 aliphatic carbocycles. The zero-order valence-electron chi connectivity index (χ0n) is 8.21. The number of nitrogens with zero attached hydrogens (tertiary/aromatic N) is 1. The van der Waals surface area contributed by atoms with Crippen LogP contribution >= 0.6 is 11.6 Å². The van der Waals surface area contributed by atoms with Crippen LogP contribution in [0.2, 0.25) is 0 Å². The topological polar surface area (TPSA) is 21.7 Å². The molecule has 2 unspecified atom stereocenters. The Balaban J connectivity index is 4.01. The van der Waals surface area contributed by atoms with Crippen molar-refractivity contribution in [3.63, 3.8) is 0 Å². The van der Waals surface area contributed by atoms with Crippen LogP contribution in [0.15, 0.2) is 0 Å². The highest BCUT2D eigenvalue weighted by Crippen LogP contribution is 2.06. The first-order valence-corrected chi connectivity index (χ1v) is 4.58. The largest absolute Gasteiger partial charge is 0.367 e. The minimum atomic E-state index is 0.0405. The first kappa shape index (κ1) is 12.2. The van der Waals surface area contributed by atoms with Crippen molar-refractivity contribution < 1.29 is 9.47 Å². The number of hydrogen-bond donors (Lipinski definition) is 0. The average Bonchev–Trinajstić information content (AvgIpc) is 2.11. The highest BCUT2D eigenvalue weighted by atomic mass is 35.5. The molecule has 0 radical (unpaired) electrons. The van der Waals surface area contributed by atoms with Gasteiger partial charge in [0, 0.05) is 26.6 Å². The van der Waals surface area contributed by atoms with E-state index in [4.69, 9.17) is 21.1 Å². The Morgan fingerprint density at radius 3 is 1.83 bits per heavy atom. The van der Waals surface area contributed by atoms with Crippen molar-refractivity contribution in [1.29, 1.82) is 0 Å². The Morgan fingerprint density at radius 1 is 1.17 bits per heavy atom. The summed E-state index contributed by atoms with van der Waals surface area (Å²) in [6, 6.07) is 0. The van der Waals surface area contributed by atoms with Crippen LogP contribution < -0.4 is 0 Å². The van der Waals surface area contributed by atoms with Gasteiger partial charge in [-0.3, -0.25) is 4.90 Å². The van der Waals surface area contributed by atoms with Gasteiger partial charge in [-0.15, -0.1) is 11.6 Å². The third-order valence-electron chi connectivity index (χ3n) is 1.96. The number of halogens is 1.